The monoisotopic (exact) mass is 506 g/mol. The number of benzene rings is 1. The van der Waals surface area contributed by atoms with Crippen molar-refractivity contribution in [3.63, 3.8) is 0 Å². The molecule has 0 aliphatic heterocycles. The first-order valence-corrected chi connectivity index (χ1v) is 11.2. The summed E-state index contributed by atoms with van der Waals surface area (Å²) in [5, 5.41) is 6.29. The second-order valence-electron chi connectivity index (χ2n) is 7.80. The molecule has 4 rings (SSSR count). The van der Waals surface area contributed by atoms with E-state index in [1.165, 1.54) is 30.3 Å². The molecule has 0 spiro atoms. The number of anilines is 1. The van der Waals surface area contributed by atoms with Crippen molar-refractivity contribution in [1.29, 1.82) is 0 Å². The number of nitrogens with one attached hydrogen (secondary N) is 1. The fourth-order valence-electron chi connectivity index (χ4n) is 3.40. The molecule has 1 N–H and O–H groups in total. The third-order valence-electron chi connectivity index (χ3n) is 5.18. The van der Waals surface area contributed by atoms with Gasteiger partial charge in [0, 0.05) is 13.1 Å². The van der Waals surface area contributed by atoms with Crippen LogP contribution in [0.15, 0.2) is 79.5 Å². The quantitative estimate of drug-likeness (QED) is 0.313. The minimum atomic E-state index is -4.10. The number of ether oxygens (including phenoxy) is 2. The van der Waals surface area contributed by atoms with Gasteiger partial charge in [-0.2, -0.15) is 18.9 Å². The maximum absolute atomic E-state index is 14.3. The predicted molar refractivity (Wildman–Crippen MR) is 134 cm³/mol. The Morgan fingerprint density at radius 1 is 1.14 bits per heavy atom. The van der Waals surface area contributed by atoms with Crippen LogP contribution in [0.5, 0.6) is 11.8 Å². The Hall–Kier alpha value is -4.80. The van der Waals surface area contributed by atoms with Gasteiger partial charge in [0.15, 0.2) is 0 Å². The summed E-state index contributed by atoms with van der Waals surface area (Å²) in [5.74, 6) is -1.14. The SMILES string of the molecule is C=C/C=C\c1nc(OCc2cccc(NC(=O)C(F)(F)Oc3ccccc3)n2)n(-c2ccnn2C)c1C. The van der Waals surface area contributed by atoms with Crippen LogP contribution in [0.2, 0.25) is 0 Å². The van der Waals surface area contributed by atoms with Crippen LogP contribution in [-0.2, 0) is 18.4 Å². The van der Waals surface area contributed by atoms with Crippen molar-refractivity contribution in [2.24, 2.45) is 7.05 Å². The normalized spacial score (nSPS) is 11.5. The van der Waals surface area contributed by atoms with Gasteiger partial charge in [0.25, 0.3) is 0 Å². The molecule has 0 aliphatic rings. The Bertz CT molecular complexity index is 1430. The van der Waals surface area contributed by atoms with Crippen LogP contribution in [-0.4, -0.2) is 36.3 Å². The maximum atomic E-state index is 14.3. The first kappa shape index (κ1) is 25.3. The van der Waals surface area contributed by atoms with E-state index in [9.17, 15) is 13.6 Å². The molecule has 0 bridgehead atoms. The van der Waals surface area contributed by atoms with Crippen LogP contribution >= 0.6 is 0 Å². The Morgan fingerprint density at radius 3 is 2.62 bits per heavy atom. The number of allylic oxidation sites excluding steroid dienone is 2. The summed E-state index contributed by atoms with van der Waals surface area (Å²) in [7, 11) is 1.79. The number of halogens is 2. The number of amides is 1. The lowest BCUT2D eigenvalue weighted by molar-refractivity contribution is -0.187. The van der Waals surface area contributed by atoms with E-state index in [-0.39, 0.29) is 24.2 Å². The number of carbonyl (C=O) groups excluding carboxylic acids is 1. The number of hydrogen-bond donors (Lipinski definition) is 1. The number of hydrogen-bond acceptors (Lipinski definition) is 6. The lowest BCUT2D eigenvalue weighted by atomic mass is 10.3. The fraction of sp³-hybridized carbons (Fsp3) is 0.154. The maximum Gasteiger partial charge on any atom is 0.482 e. The first-order valence-electron chi connectivity index (χ1n) is 11.2. The smallest absolute Gasteiger partial charge is 0.458 e. The number of para-hydroxylation sites is 1. The Kier molecular flexibility index (Phi) is 7.42. The van der Waals surface area contributed by atoms with Gasteiger partial charge < -0.3 is 14.8 Å². The van der Waals surface area contributed by atoms with Crippen LogP contribution in [0.1, 0.15) is 17.1 Å². The molecule has 4 aromatic rings. The van der Waals surface area contributed by atoms with Gasteiger partial charge in [-0.25, -0.2) is 4.98 Å². The number of pyridine rings is 1. The van der Waals surface area contributed by atoms with Gasteiger partial charge in [0.05, 0.1) is 23.3 Å². The molecule has 37 heavy (non-hydrogen) atoms. The molecule has 11 heteroatoms. The topological polar surface area (TPSA) is 96.1 Å². The summed E-state index contributed by atoms with van der Waals surface area (Å²) in [6, 6.07) is 14.0. The van der Waals surface area contributed by atoms with E-state index in [4.69, 9.17) is 4.74 Å². The molecule has 9 nitrogen and oxygen atoms in total. The highest BCUT2D eigenvalue weighted by molar-refractivity contribution is 5.94. The number of aromatic nitrogens is 5. The highest BCUT2D eigenvalue weighted by Gasteiger charge is 2.42. The van der Waals surface area contributed by atoms with Crippen molar-refractivity contribution < 1.29 is 23.0 Å². The third-order valence-corrected chi connectivity index (χ3v) is 5.18. The molecule has 190 valence electrons. The number of carbonyl (C=O) groups is 1. The number of imidazole rings is 1. The third kappa shape index (κ3) is 5.89. The van der Waals surface area contributed by atoms with E-state index in [1.807, 2.05) is 13.0 Å². The van der Waals surface area contributed by atoms with E-state index in [2.05, 4.69) is 31.7 Å². The van der Waals surface area contributed by atoms with Gasteiger partial charge in [-0.3, -0.25) is 14.0 Å². The molecule has 0 saturated heterocycles. The molecule has 0 radical (unpaired) electrons. The molecule has 0 saturated carbocycles. The zero-order chi connectivity index (χ0) is 26.4. The number of aryl methyl sites for hydroxylation is 1. The summed E-state index contributed by atoms with van der Waals surface area (Å²) >= 11 is 0. The Balaban J connectivity index is 1.50. The van der Waals surface area contributed by atoms with Gasteiger partial charge in [-0.1, -0.05) is 43.0 Å². The molecule has 0 aliphatic carbocycles. The van der Waals surface area contributed by atoms with Gasteiger partial charge in [-0.05, 0) is 37.3 Å². The molecule has 3 aromatic heterocycles. The minimum absolute atomic E-state index is 0.0421. The average molecular weight is 507 g/mol. The average Bonchev–Trinajstić information content (AvgIpc) is 3.43. The molecular weight excluding hydrogens is 482 g/mol. The lowest BCUT2D eigenvalue weighted by Gasteiger charge is -2.17. The van der Waals surface area contributed by atoms with E-state index in [1.54, 1.807) is 58.9 Å². The van der Waals surface area contributed by atoms with Crippen LogP contribution in [0, 0.1) is 6.92 Å². The second-order valence-corrected chi connectivity index (χ2v) is 7.80. The molecular formula is C26H24F2N6O3. The molecule has 1 aromatic carbocycles. The molecule has 0 fully saturated rings. The predicted octanol–water partition coefficient (Wildman–Crippen LogP) is 4.70. The van der Waals surface area contributed by atoms with Gasteiger partial charge in [0.1, 0.15) is 24.0 Å². The molecule has 3 heterocycles. The van der Waals surface area contributed by atoms with E-state index in [0.717, 1.165) is 11.5 Å². The number of rotatable bonds is 10. The van der Waals surface area contributed by atoms with Crippen molar-refractivity contribution in [1.82, 2.24) is 24.3 Å². The first-order chi connectivity index (χ1) is 17.8. The van der Waals surface area contributed by atoms with Crippen LogP contribution in [0.3, 0.4) is 0 Å². The van der Waals surface area contributed by atoms with Crippen LogP contribution in [0.25, 0.3) is 11.9 Å². The van der Waals surface area contributed by atoms with Crippen molar-refractivity contribution >= 4 is 17.8 Å². The van der Waals surface area contributed by atoms with Crippen LogP contribution in [0.4, 0.5) is 14.6 Å². The number of alkyl halides is 2. The van der Waals surface area contributed by atoms with E-state index in [0.29, 0.717) is 11.4 Å². The Labute approximate surface area is 211 Å². The van der Waals surface area contributed by atoms with Gasteiger partial charge >= 0.3 is 18.0 Å². The van der Waals surface area contributed by atoms with Crippen molar-refractivity contribution in [3.8, 4) is 17.6 Å². The van der Waals surface area contributed by atoms with Crippen molar-refractivity contribution in [2.45, 2.75) is 19.6 Å². The molecule has 0 atom stereocenters. The highest BCUT2D eigenvalue weighted by atomic mass is 19.3. The second kappa shape index (κ2) is 10.9. The van der Waals surface area contributed by atoms with Gasteiger partial charge in [-0.15, -0.1) is 0 Å². The summed E-state index contributed by atoms with van der Waals surface area (Å²) in [6.07, 6.45) is 2.76. The largest absolute Gasteiger partial charge is 0.482 e. The number of nitrogens with zero attached hydrogens (tertiary/aromatic N) is 5. The minimum Gasteiger partial charge on any atom is -0.458 e. The van der Waals surface area contributed by atoms with E-state index < -0.39 is 12.0 Å². The summed E-state index contributed by atoms with van der Waals surface area (Å²) in [6.45, 7) is 5.53. The summed E-state index contributed by atoms with van der Waals surface area (Å²) in [4.78, 5) is 20.9. The summed E-state index contributed by atoms with van der Waals surface area (Å²) < 4.78 is 42.5. The van der Waals surface area contributed by atoms with Gasteiger partial charge in [0.2, 0.25) is 0 Å². The Morgan fingerprint density at radius 2 is 1.92 bits per heavy atom. The lowest BCUT2D eigenvalue weighted by Crippen LogP contribution is -2.40. The molecule has 1 amide bonds. The highest BCUT2D eigenvalue weighted by Crippen LogP contribution is 2.25. The zero-order valence-corrected chi connectivity index (χ0v) is 20.1. The van der Waals surface area contributed by atoms with E-state index >= 15 is 0 Å². The van der Waals surface area contributed by atoms with Crippen molar-refractivity contribution in [2.75, 3.05) is 5.32 Å². The molecule has 0 unspecified atom stereocenters. The zero-order valence-electron chi connectivity index (χ0n) is 20.1. The standard InChI is InChI=1S/C26H24F2N6O3/c1-4-5-13-21-18(2)34(23-15-16-29-33(23)3)25(31-21)36-17-19-10-9-14-22(30-19)32-24(35)26(27,28)37-20-11-7-6-8-12-20/h4-16H,1,17H2,2-3H3,(H,30,32,35)/b13-5-. The summed E-state index contributed by atoms with van der Waals surface area (Å²) in [5.41, 5.74) is 1.86. The van der Waals surface area contributed by atoms with Crippen molar-refractivity contribution in [3.05, 3.63) is 96.6 Å². The fourth-order valence-corrected chi connectivity index (χ4v) is 3.40. The van der Waals surface area contributed by atoms with Crippen LogP contribution < -0.4 is 14.8 Å².